The first-order chi connectivity index (χ1) is 14.2. The Morgan fingerprint density at radius 3 is 2.69 bits per heavy atom. The molecular formula is C22H28FN5S. The van der Waals surface area contributed by atoms with Crippen LogP contribution in [0, 0.1) is 12.7 Å². The van der Waals surface area contributed by atoms with Crippen LogP contribution in [0.3, 0.4) is 0 Å². The molecule has 1 atom stereocenters. The summed E-state index contributed by atoms with van der Waals surface area (Å²) in [5.41, 5.74) is 3.63. The Hall–Kier alpha value is -1.96. The van der Waals surface area contributed by atoms with Gasteiger partial charge in [0.15, 0.2) is 4.96 Å². The molecule has 0 spiro atoms. The molecule has 0 aliphatic carbocycles. The van der Waals surface area contributed by atoms with E-state index in [4.69, 9.17) is 4.98 Å². The number of thiazole rings is 1. The van der Waals surface area contributed by atoms with Gasteiger partial charge < -0.3 is 4.90 Å². The van der Waals surface area contributed by atoms with E-state index in [0.717, 1.165) is 55.6 Å². The number of aromatic nitrogens is 2. The maximum absolute atomic E-state index is 13.2. The number of rotatable bonds is 4. The molecule has 7 heteroatoms. The van der Waals surface area contributed by atoms with Crippen LogP contribution in [0.4, 0.5) is 10.1 Å². The van der Waals surface area contributed by atoms with Gasteiger partial charge in [-0.2, -0.15) is 0 Å². The van der Waals surface area contributed by atoms with Crippen molar-refractivity contribution in [3.05, 3.63) is 53.0 Å². The Morgan fingerprint density at radius 1 is 1.10 bits per heavy atom. The van der Waals surface area contributed by atoms with E-state index in [2.05, 4.69) is 37.6 Å². The number of hydrogen-bond acceptors (Lipinski definition) is 5. The fourth-order valence-electron chi connectivity index (χ4n) is 4.81. The second-order valence-corrected chi connectivity index (χ2v) is 9.10. The number of anilines is 1. The van der Waals surface area contributed by atoms with E-state index < -0.39 is 0 Å². The molecule has 2 saturated heterocycles. The van der Waals surface area contributed by atoms with Gasteiger partial charge in [0.05, 0.1) is 11.4 Å². The molecule has 0 N–H and O–H groups in total. The van der Waals surface area contributed by atoms with Crippen molar-refractivity contribution in [3.8, 4) is 0 Å². The summed E-state index contributed by atoms with van der Waals surface area (Å²) in [6, 6.07) is 7.54. The Labute approximate surface area is 175 Å². The van der Waals surface area contributed by atoms with Gasteiger partial charge in [-0.05, 0) is 50.6 Å². The molecule has 2 fully saturated rings. The predicted molar refractivity (Wildman–Crippen MR) is 116 cm³/mol. The van der Waals surface area contributed by atoms with Crippen LogP contribution in [0.1, 0.15) is 24.2 Å². The highest BCUT2D eigenvalue weighted by Gasteiger charge is 2.29. The van der Waals surface area contributed by atoms with Crippen LogP contribution < -0.4 is 4.90 Å². The number of fused-ring (bicyclic) bond motifs is 1. The number of piperidine rings is 1. The number of hydrogen-bond donors (Lipinski definition) is 0. The SMILES string of the molecule is Cc1nc2sccn2c1CN1CCC[C@@H](N2CCN(c3ccc(F)cc3)CC2)C1. The highest BCUT2D eigenvalue weighted by molar-refractivity contribution is 7.15. The zero-order chi connectivity index (χ0) is 19.8. The van der Waals surface area contributed by atoms with Gasteiger partial charge in [0.1, 0.15) is 5.82 Å². The van der Waals surface area contributed by atoms with Crippen molar-refractivity contribution in [2.75, 3.05) is 44.2 Å². The maximum atomic E-state index is 13.2. The Balaban J connectivity index is 1.20. The minimum absolute atomic E-state index is 0.164. The van der Waals surface area contributed by atoms with Crippen LogP contribution in [0.15, 0.2) is 35.8 Å². The van der Waals surface area contributed by atoms with Crippen LogP contribution in [0.25, 0.3) is 4.96 Å². The third kappa shape index (κ3) is 3.91. The monoisotopic (exact) mass is 413 g/mol. The Kier molecular flexibility index (Phi) is 5.28. The molecule has 0 bridgehead atoms. The van der Waals surface area contributed by atoms with Crippen molar-refractivity contribution in [1.29, 1.82) is 0 Å². The Bertz CT molecular complexity index is 957. The lowest BCUT2D eigenvalue weighted by Crippen LogP contribution is -2.55. The zero-order valence-corrected chi connectivity index (χ0v) is 17.7. The van der Waals surface area contributed by atoms with Crippen LogP contribution >= 0.6 is 11.3 Å². The lowest BCUT2D eigenvalue weighted by atomic mass is 10.0. The van der Waals surface area contributed by atoms with E-state index in [-0.39, 0.29) is 5.82 Å². The van der Waals surface area contributed by atoms with Crippen molar-refractivity contribution >= 4 is 22.0 Å². The molecule has 3 aromatic rings. The smallest absolute Gasteiger partial charge is 0.194 e. The molecule has 0 unspecified atom stereocenters. The summed E-state index contributed by atoms with van der Waals surface area (Å²) in [6.45, 7) is 9.60. The number of piperazine rings is 1. The third-order valence-corrected chi connectivity index (χ3v) is 7.19. The lowest BCUT2D eigenvalue weighted by Gasteiger charge is -2.44. The molecular weight excluding hydrogens is 385 g/mol. The van der Waals surface area contributed by atoms with Crippen molar-refractivity contribution < 1.29 is 4.39 Å². The van der Waals surface area contributed by atoms with Gasteiger partial charge in [-0.1, -0.05) is 0 Å². The van der Waals surface area contributed by atoms with Crippen LogP contribution in [0.2, 0.25) is 0 Å². The molecule has 2 aliphatic heterocycles. The average Bonchev–Trinajstić information content (AvgIpc) is 3.31. The minimum Gasteiger partial charge on any atom is -0.369 e. The highest BCUT2D eigenvalue weighted by Crippen LogP contribution is 2.24. The summed E-state index contributed by atoms with van der Waals surface area (Å²) in [5, 5.41) is 2.12. The third-order valence-electron chi connectivity index (χ3n) is 6.44. The van der Waals surface area contributed by atoms with Gasteiger partial charge in [0.2, 0.25) is 0 Å². The molecule has 4 heterocycles. The second-order valence-electron chi connectivity index (χ2n) is 8.23. The van der Waals surface area contributed by atoms with Gasteiger partial charge in [-0.25, -0.2) is 9.37 Å². The molecule has 154 valence electrons. The standard InChI is InChI=1S/C22H28FN5S/c1-17-21(28-13-14-29-22(28)24-17)16-25-8-2-3-20(15-25)27-11-9-26(10-12-27)19-6-4-18(23)5-7-19/h4-7,13-14,20H,2-3,8-12,15-16H2,1H3/t20-/m1/s1. The fourth-order valence-corrected chi connectivity index (χ4v) is 5.59. The minimum atomic E-state index is -0.164. The number of benzene rings is 1. The van der Waals surface area contributed by atoms with E-state index in [0.29, 0.717) is 6.04 Å². The Morgan fingerprint density at radius 2 is 1.90 bits per heavy atom. The van der Waals surface area contributed by atoms with Crippen LogP contribution in [0.5, 0.6) is 0 Å². The van der Waals surface area contributed by atoms with Crippen molar-refractivity contribution in [1.82, 2.24) is 19.2 Å². The zero-order valence-electron chi connectivity index (χ0n) is 16.9. The first kappa shape index (κ1) is 19.0. The molecule has 5 nitrogen and oxygen atoms in total. The summed E-state index contributed by atoms with van der Waals surface area (Å²) in [6.07, 6.45) is 4.69. The highest BCUT2D eigenvalue weighted by atomic mass is 32.1. The molecule has 1 aromatic carbocycles. The van der Waals surface area contributed by atoms with Gasteiger partial charge in [-0.15, -0.1) is 11.3 Å². The lowest BCUT2D eigenvalue weighted by molar-refractivity contribution is 0.0878. The molecule has 29 heavy (non-hydrogen) atoms. The van der Waals surface area contributed by atoms with Gasteiger partial charge >= 0.3 is 0 Å². The average molecular weight is 414 g/mol. The van der Waals surface area contributed by atoms with Crippen LogP contribution in [-0.4, -0.2) is 64.5 Å². The number of halogens is 1. The first-order valence-corrected chi connectivity index (χ1v) is 11.4. The summed E-state index contributed by atoms with van der Waals surface area (Å²) in [5.74, 6) is -0.164. The number of imidazole rings is 1. The summed E-state index contributed by atoms with van der Waals surface area (Å²) in [7, 11) is 0. The van der Waals surface area contributed by atoms with E-state index >= 15 is 0 Å². The van der Waals surface area contributed by atoms with Gasteiger partial charge in [-0.3, -0.25) is 14.2 Å². The van der Waals surface area contributed by atoms with E-state index in [1.165, 1.54) is 25.1 Å². The first-order valence-electron chi connectivity index (χ1n) is 10.6. The number of likely N-dealkylation sites (tertiary alicyclic amines) is 1. The van der Waals surface area contributed by atoms with E-state index in [1.54, 1.807) is 23.5 Å². The normalized spacial score (nSPS) is 21.9. The maximum Gasteiger partial charge on any atom is 0.194 e. The van der Waals surface area contributed by atoms with Gasteiger partial charge in [0, 0.05) is 62.6 Å². The van der Waals surface area contributed by atoms with Gasteiger partial charge in [0.25, 0.3) is 0 Å². The summed E-state index contributed by atoms with van der Waals surface area (Å²) in [4.78, 5) is 13.4. The van der Waals surface area contributed by atoms with E-state index in [1.807, 2.05) is 12.1 Å². The molecule has 0 amide bonds. The summed E-state index contributed by atoms with van der Waals surface area (Å²) >= 11 is 1.71. The van der Waals surface area contributed by atoms with Crippen LogP contribution in [-0.2, 0) is 6.54 Å². The molecule has 5 rings (SSSR count). The largest absolute Gasteiger partial charge is 0.369 e. The molecule has 0 saturated carbocycles. The van der Waals surface area contributed by atoms with E-state index in [9.17, 15) is 4.39 Å². The molecule has 2 aromatic heterocycles. The summed E-state index contributed by atoms with van der Waals surface area (Å²) < 4.78 is 15.4. The predicted octanol–water partition coefficient (Wildman–Crippen LogP) is 3.63. The second kappa shape index (κ2) is 8.05. The topological polar surface area (TPSA) is 27.0 Å². The van der Waals surface area contributed by atoms with Crippen molar-refractivity contribution in [2.24, 2.45) is 0 Å². The quantitative estimate of drug-likeness (QED) is 0.653. The fraction of sp³-hybridized carbons (Fsp3) is 0.500. The number of nitrogens with zero attached hydrogens (tertiary/aromatic N) is 5. The van der Waals surface area contributed by atoms with Crippen molar-refractivity contribution in [2.45, 2.75) is 32.4 Å². The van der Waals surface area contributed by atoms with Crippen molar-refractivity contribution in [3.63, 3.8) is 0 Å². The number of aryl methyl sites for hydroxylation is 1. The molecule has 2 aliphatic rings. The molecule has 0 radical (unpaired) electrons.